The molecule has 2 aliphatic heterocycles. The van der Waals surface area contributed by atoms with Crippen molar-refractivity contribution in [2.24, 2.45) is 0 Å². The molecular weight excluding hydrogens is 1140 g/mol. The van der Waals surface area contributed by atoms with Crippen LogP contribution in [0, 0.1) is 0 Å². The van der Waals surface area contributed by atoms with Gasteiger partial charge in [-0.25, -0.2) is 0 Å². The van der Waals surface area contributed by atoms with Gasteiger partial charge in [-0.05, 0) is 198 Å². The summed E-state index contributed by atoms with van der Waals surface area (Å²) in [7, 11) is 0. The molecule has 0 unspecified atom stereocenters. The molecule has 3 nitrogen and oxygen atoms in total. The second-order valence-corrected chi connectivity index (χ2v) is 31.7. The van der Waals surface area contributed by atoms with E-state index in [1.54, 1.807) is 0 Å². The summed E-state index contributed by atoms with van der Waals surface area (Å²) < 4.78 is 2.64. The highest BCUT2D eigenvalue weighted by Crippen LogP contribution is 2.56. The Morgan fingerprint density at radius 1 is 0.387 bits per heavy atom. The monoisotopic (exact) mass is 1220 g/mol. The molecule has 0 saturated carbocycles. The highest BCUT2D eigenvalue weighted by molar-refractivity contribution is 7.33. The van der Waals surface area contributed by atoms with Crippen LogP contribution in [-0.2, 0) is 27.1 Å². The van der Waals surface area contributed by atoms with Crippen molar-refractivity contribution in [1.29, 1.82) is 0 Å². The largest absolute Gasteiger partial charge is 0.311 e. The topological polar surface area (TPSA) is 9.72 Å². The van der Waals surface area contributed by atoms with E-state index in [1.807, 2.05) is 11.3 Å². The number of nitrogens with zero attached hydrogens (tertiary/aromatic N) is 3. The molecular formula is C88H82BN3S. The fourth-order valence-corrected chi connectivity index (χ4v) is 17.5. The summed E-state index contributed by atoms with van der Waals surface area (Å²) >= 11 is 1.99. The summed E-state index contributed by atoms with van der Waals surface area (Å²) in [4.78, 5) is 8.01. The first-order chi connectivity index (χ1) is 44.7. The van der Waals surface area contributed by atoms with Crippen LogP contribution in [0.25, 0.3) is 54.6 Å². The van der Waals surface area contributed by atoms with E-state index in [0.717, 1.165) is 42.7 Å². The second-order valence-electron chi connectivity index (χ2n) is 30.6. The van der Waals surface area contributed by atoms with Gasteiger partial charge in [-0.2, -0.15) is 0 Å². The van der Waals surface area contributed by atoms with Gasteiger partial charge in [-0.3, -0.25) is 0 Å². The van der Waals surface area contributed by atoms with E-state index in [0.29, 0.717) is 0 Å². The smallest absolute Gasteiger partial charge is 0.264 e. The molecule has 0 N–H and O–H groups in total. The molecule has 12 aromatic rings. The average Bonchev–Trinajstić information content (AvgIpc) is 1.68. The van der Waals surface area contributed by atoms with Gasteiger partial charge >= 0.3 is 0 Å². The molecule has 0 atom stereocenters. The Bertz CT molecular complexity index is 4900. The molecule has 0 bridgehead atoms. The summed E-state index contributed by atoms with van der Waals surface area (Å²) in [6, 6.07) is 95.6. The lowest BCUT2D eigenvalue weighted by Crippen LogP contribution is -2.60. The van der Waals surface area contributed by atoms with Crippen molar-refractivity contribution < 1.29 is 0 Å². The van der Waals surface area contributed by atoms with Gasteiger partial charge in [0.25, 0.3) is 6.71 Å². The molecule has 16 rings (SSSR count). The first kappa shape index (κ1) is 58.9. The quantitative estimate of drug-likeness (QED) is 0.133. The Hall–Kier alpha value is -9.16. The van der Waals surface area contributed by atoms with E-state index >= 15 is 0 Å². The summed E-state index contributed by atoms with van der Waals surface area (Å²) in [6.07, 6.45) is 4.56. The standard InChI is InChI=1S/C88H82BN3S/c1-84(2,3)63-37-39-64(40-38-63)90(75-35-25-24-34-67(75)59-30-20-14-21-31-59)76-56-77-74(55-68(76)60-32-22-15-23-33-60)89-81-78(91(77)65-41-43-70-72(53-65)87(8,9)48-46-85(70,4)5)51-62(58-28-18-13-19-29-58)52-79(81)92(66-42-44-71-73(54-66)88(10,11)49-47-86(71,6)7)82-69-50-61(57-26-16-12-17-27-57)36-45-80(69)93-83(82)89/h12-45,50-56H,46-49H2,1-11H3. The maximum Gasteiger partial charge on any atom is 0.264 e. The SMILES string of the molecule is CC(C)(C)c1ccc(N(c2ccccc2-c2ccccc2)c2cc3c(cc2-c2ccccc2)B2c4sc5ccc(-c6ccccc6)cc5c4N(c4ccc5c(c4)C(C)(C)CCC5(C)C)c4cc(-c5ccccc5)cc(c42)N3c2ccc3c(c2)C(C)(C)CCC3(C)C)cc1. The summed E-state index contributed by atoms with van der Waals surface area (Å²) in [6.45, 7) is 26.5. The third kappa shape index (κ3) is 9.82. The number of para-hydroxylation sites is 1. The molecule has 0 amide bonds. The number of rotatable bonds is 9. The lowest BCUT2D eigenvalue weighted by molar-refractivity contribution is 0.332. The van der Waals surface area contributed by atoms with Crippen LogP contribution >= 0.6 is 11.3 Å². The van der Waals surface area contributed by atoms with Gasteiger partial charge in [-0.15, -0.1) is 11.3 Å². The van der Waals surface area contributed by atoms with Crippen molar-refractivity contribution in [3.05, 3.63) is 277 Å². The van der Waals surface area contributed by atoms with Gasteiger partial charge in [0.1, 0.15) is 0 Å². The predicted octanol–water partition coefficient (Wildman–Crippen LogP) is 23.1. The second kappa shape index (κ2) is 21.7. The first-order valence-corrected chi connectivity index (χ1v) is 34.6. The molecule has 3 heterocycles. The minimum atomic E-state index is -0.150. The van der Waals surface area contributed by atoms with E-state index in [9.17, 15) is 0 Å². The summed E-state index contributed by atoms with van der Waals surface area (Å²) in [5.41, 5.74) is 29.8. The van der Waals surface area contributed by atoms with E-state index in [2.05, 4.69) is 340 Å². The van der Waals surface area contributed by atoms with Crippen LogP contribution < -0.4 is 30.4 Å². The zero-order valence-corrected chi connectivity index (χ0v) is 56.6. The van der Waals surface area contributed by atoms with Gasteiger partial charge in [0.05, 0.1) is 17.1 Å². The minimum Gasteiger partial charge on any atom is -0.311 e. The summed E-state index contributed by atoms with van der Waals surface area (Å²) in [5, 5.41) is 1.27. The van der Waals surface area contributed by atoms with Gasteiger partial charge in [0.2, 0.25) is 0 Å². The molecule has 93 heavy (non-hydrogen) atoms. The number of benzene rings is 11. The molecule has 5 heteroatoms. The number of thiophene rings is 1. The Labute approximate surface area is 556 Å². The van der Waals surface area contributed by atoms with Crippen LogP contribution in [0.3, 0.4) is 0 Å². The van der Waals surface area contributed by atoms with Gasteiger partial charge < -0.3 is 14.7 Å². The molecule has 458 valence electrons. The van der Waals surface area contributed by atoms with Crippen molar-refractivity contribution in [3.8, 4) is 44.5 Å². The fraction of sp³-hybridized carbons (Fsp3) is 0.227. The lowest BCUT2D eigenvalue weighted by Gasteiger charge is -2.46. The third-order valence-corrected chi connectivity index (χ3v) is 23.0. The molecule has 1 aromatic heterocycles. The molecule has 0 radical (unpaired) electrons. The molecule has 0 fully saturated rings. The zero-order chi connectivity index (χ0) is 63.9. The van der Waals surface area contributed by atoms with Crippen LogP contribution in [-0.4, -0.2) is 6.71 Å². The molecule has 4 aliphatic rings. The zero-order valence-electron chi connectivity index (χ0n) is 55.8. The van der Waals surface area contributed by atoms with Gasteiger partial charge in [0.15, 0.2) is 0 Å². The van der Waals surface area contributed by atoms with Gasteiger partial charge in [0, 0.05) is 60.1 Å². The Kier molecular flexibility index (Phi) is 13.8. The molecule has 0 spiro atoms. The number of hydrogen-bond acceptors (Lipinski definition) is 4. The maximum atomic E-state index is 2.72. The maximum absolute atomic E-state index is 2.72. The Balaban J connectivity index is 1.07. The van der Waals surface area contributed by atoms with E-state index in [1.165, 1.54) is 132 Å². The van der Waals surface area contributed by atoms with Gasteiger partial charge in [-0.1, -0.05) is 252 Å². The van der Waals surface area contributed by atoms with Crippen molar-refractivity contribution in [2.75, 3.05) is 14.7 Å². The van der Waals surface area contributed by atoms with Crippen molar-refractivity contribution in [3.63, 3.8) is 0 Å². The lowest BCUT2D eigenvalue weighted by atomic mass is 9.36. The van der Waals surface area contributed by atoms with Crippen LogP contribution in [0.4, 0.5) is 51.2 Å². The fourth-order valence-electron chi connectivity index (χ4n) is 16.2. The Morgan fingerprint density at radius 3 is 1.43 bits per heavy atom. The molecule has 2 aliphatic carbocycles. The van der Waals surface area contributed by atoms with Crippen LogP contribution in [0.15, 0.2) is 249 Å². The third-order valence-electron chi connectivity index (χ3n) is 21.7. The van der Waals surface area contributed by atoms with Crippen molar-refractivity contribution in [1.82, 2.24) is 0 Å². The average molecular weight is 1220 g/mol. The number of hydrogen-bond donors (Lipinski definition) is 0. The van der Waals surface area contributed by atoms with Crippen LogP contribution in [0.5, 0.6) is 0 Å². The van der Waals surface area contributed by atoms with Crippen LogP contribution in [0.2, 0.25) is 0 Å². The Morgan fingerprint density at radius 2 is 0.871 bits per heavy atom. The highest BCUT2D eigenvalue weighted by atomic mass is 32.1. The molecule has 11 aromatic carbocycles. The predicted molar refractivity (Wildman–Crippen MR) is 402 cm³/mol. The number of fused-ring (bicyclic) bond motifs is 8. The van der Waals surface area contributed by atoms with E-state index in [4.69, 9.17) is 0 Å². The normalized spacial score (nSPS) is 16.2. The van der Waals surface area contributed by atoms with Crippen molar-refractivity contribution in [2.45, 2.75) is 129 Å². The molecule has 0 saturated heterocycles. The van der Waals surface area contributed by atoms with Crippen LogP contribution in [0.1, 0.15) is 130 Å². The first-order valence-electron chi connectivity index (χ1n) is 33.8. The van der Waals surface area contributed by atoms with E-state index < -0.39 is 0 Å². The highest BCUT2D eigenvalue weighted by Gasteiger charge is 2.48. The minimum absolute atomic E-state index is 0.00920. The van der Waals surface area contributed by atoms with E-state index in [-0.39, 0.29) is 33.8 Å². The van der Waals surface area contributed by atoms with Crippen molar-refractivity contribution >= 4 is 95.0 Å². The number of anilines is 9. The summed E-state index contributed by atoms with van der Waals surface area (Å²) in [5.74, 6) is 0.